The molecular formula is C23H21N5O2. The lowest BCUT2D eigenvalue weighted by atomic mass is 10.2. The average Bonchev–Trinajstić information content (AvgIpc) is 3.07. The van der Waals surface area contributed by atoms with E-state index in [2.05, 4.69) is 11.1 Å². The van der Waals surface area contributed by atoms with Crippen LogP contribution in [0.3, 0.4) is 0 Å². The Hall–Kier alpha value is -3.58. The Morgan fingerprint density at radius 2 is 1.80 bits per heavy atom. The molecule has 0 amide bonds. The summed E-state index contributed by atoms with van der Waals surface area (Å²) < 4.78 is 8.67. The van der Waals surface area contributed by atoms with Gasteiger partial charge in [-0.1, -0.05) is 24.3 Å². The summed E-state index contributed by atoms with van der Waals surface area (Å²) in [5.74, 6) is 0. The van der Waals surface area contributed by atoms with Crippen molar-refractivity contribution in [1.82, 2.24) is 24.1 Å². The molecule has 0 spiro atoms. The van der Waals surface area contributed by atoms with Crippen molar-refractivity contribution in [2.45, 2.75) is 19.9 Å². The van der Waals surface area contributed by atoms with Gasteiger partial charge in [-0.2, -0.15) is 0 Å². The summed E-state index contributed by atoms with van der Waals surface area (Å²) in [6.45, 7) is 3.16. The molecule has 7 heteroatoms. The maximum Gasteiger partial charge on any atom is 0.265 e. The number of rotatable bonds is 5. The van der Waals surface area contributed by atoms with Crippen LogP contribution >= 0.6 is 0 Å². The van der Waals surface area contributed by atoms with Gasteiger partial charge in [0, 0.05) is 25.9 Å². The normalized spacial score (nSPS) is 11.7. The molecule has 0 saturated carbocycles. The minimum absolute atomic E-state index is 0.114. The largest absolute Gasteiger partial charge is 0.385 e. The van der Waals surface area contributed by atoms with Gasteiger partial charge in [-0.15, -0.1) is 0 Å². The molecule has 0 N–H and O–H groups in total. The van der Waals surface area contributed by atoms with E-state index in [0.717, 1.165) is 28.7 Å². The van der Waals surface area contributed by atoms with E-state index < -0.39 is 0 Å². The standard InChI is InChI=1S/C23H21N5O2/c1-15-7-5-8-16(13-15)28-21-19(23(29)27(14-24-21)11-6-12-30-2)20-22(28)26-18-10-4-3-9-17(18)25-20/h3-5,7-10,13-14H,6,11-12H2,1-2H3. The first-order chi connectivity index (χ1) is 14.7. The predicted octanol–water partition coefficient (Wildman–Crippen LogP) is 3.63. The highest BCUT2D eigenvalue weighted by molar-refractivity contribution is 6.05. The molecule has 2 aromatic carbocycles. The lowest BCUT2D eigenvalue weighted by Gasteiger charge is -2.08. The monoisotopic (exact) mass is 399 g/mol. The van der Waals surface area contributed by atoms with Crippen LogP contribution in [0, 0.1) is 6.92 Å². The fourth-order valence-corrected chi connectivity index (χ4v) is 3.82. The van der Waals surface area contributed by atoms with Gasteiger partial charge >= 0.3 is 0 Å². The number of methoxy groups -OCH3 is 1. The third-order valence-electron chi connectivity index (χ3n) is 5.24. The van der Waals surface area contributed by atoms with Crippen LogP contribution in [-0.4, -0.2) is 37.8 Å². The molecule has 0 aliphatic heterocycles. The van der Waals surface area contributed by atoms with Gasteiger partial charge in [0.1, 0.15) is 10.9 Å². The molecule has 150 valence electrons. The predicted molar refractivity (Wildman–Crippen MR) is 117 cm³/mol. The van der Waals surface area contributed by atoms with E-state index in [4.69, 9.17) is 14.7 Å². The molecular weight excluding hydrogens is 378 g/mol. The summed E-state index contributed by atoms with van der Waals surface area (Å²) in [6, 6.07) is 15.8. The smallest absolute Gasteiger partial charge is 0.265 e. The summed E-state index contributed by atoms with van der Waals surface area (Å²) in [6.07, 6.45) is 2.33. The number of para-hydroxylation sites is 2. The maximum absolute atomic E-state index is 13.4. The van der Waals surface area contributed by atoms with Crippen molar-refractivity contribution < 1.29 is 4.74 Å². The van der Waals surface area contributed by atoms with E-state index in [1.54, 1.807) is 18.0 Å². The van der Waals surface area contributed by atoms with Crippen LogP contribution in [0.25, 0.3) is 38.9 Å². The van der Waals surface area contributed by atoms with Gasteiger partial charge < -0.3 is 4.74 Å². The average molecular weight is 399 g/mol. The number of nitrogens with zero attached hydrogens (tertiary/aromatic N) is 5. The fraction of sp³-hybridized carbons (Fsp3) is 0.217. The second-order valence-electron chi connectivity index (χ2n) is 7.35. The van der Waals surface area contributed by atoms with E-state index >= 15 is 0 Å². The van der Waals surface area contributed by atoms with Gasteiger partial charge in [-0.3, -0.25) is 13.9 Å². The van der Waals surface area contributed by atoms with Crippen molar-refractivity contribution >= 4 is 33.2 Å². The number of fused-ring (bicyclic) bond motifs is 4. The van der Waals surface area contributed by atoms with Crippen LogP contribution in [0.15, 0.2) is 59.7 Å². The molecule has 0 saturated heterocycles. The zero-order chi connectivity index (χ0) is 20.7. The van der Waals surface area contributed by atoms with Crippen LogP contribution in [0.5, 0.6) is 0 Å². The number of hydrogen-bond acceptors (Lipinski definition) is 5. The summed E-state index contributed by atoms with van der Waals surface area (Å²) in [7, 11) is 1.65. The van der Waals surface area contributed by atoms with Crippen molar-refractivity contribution in [3.05, 3.63) is 70.8 Å². The van der Waals surface area contributed by atoms with Gasteiger partial charge in [-0.25, -0.2) is 15.0 Å². The van der Waals surface area contributed by atoms with Gasteiger partial charge in [0.25, 0.3) is 5.56 Å². The van der Waals surface area contributed by atoms with E-state index in [-0.39, 0.29) is 5.56 Å². The fourth-order valence-electron chi connectivity index (χ4n) is 3.82. The zero-order valence-corrected chi connectivity index (χ0v) is 16.9. The van der Waals surface area contributed by atoms with Crippen LogP contribution in [0.4, 0.5) is 0 Å². The van der Waals surface area contributed by atoms with Gasteiger partial charge in [-0.05, 0) is 43.2 Å². The Labute approximate surface area is 172 Å². The van der Waals surface area contributed by atoms with Crippen molar-refractivity contribution in [3.63, 3.8) is 0 Å². The van der Waals surface area contributed by atoms with Crippen LogP contribution < -0.4 is 5.56 Å². The van der Waals surface area contributed by atoms with Crippen molar-refractivity contribution in [2.75, 3.05) is 13.7 Å². The lowest BCUT2D eigenvalue weighted by molar-refractivity contribution is 0.190. The van der Waals surface area contributed by atoms with Crippen LogP contribution in [-0.2, 0) is 11.3 Å². The number of ether oxygens (including phenoxy) is 1. The summed E-state index contributed by atoms with van der Waals surface area (Å²) in [4.78, 5) is 27.7. The molecule has 5 aromatic rings. The number of aromatic nitrogens is 5. The molecule has 0 bridgehead atoms. The third-order valence-corrected chi connectivity index (χ3v) is 5.24. The molecule has 0 atom stereocenters. The molecule has 0 fully saturated rings. The first-order valence-electron chi connectivity index (χ1n) is 9.89. The van der Waals surface area contributed by atoms with Gasteiger partial charge in [0.05, 0.1) is 17.4 Å². The molecule has 7 nitrogen and oxygen atoms in total. The Morgan fingerprint density at radius 1 is 1.00 bits per heavy atom. The Kier molecular flexibility index (Phi) is 4.52. The molecule has 0 unspecified atom stereocenters. The number of aryl methyl sites for hydroxylation is 2. The second kappa shape index (κ2) is 7.35. The highest BCUT2D eigenvalue weighted by Gasteiger charge is 2.20. The Balaban J connectivity index is 1.88. The van der Waals surface area contributed by atoms with E-state index in [9.17, 15) is 4.79 Å². The van der Waals surface area contributed by atoms with Crippen molar-refractivity contribution in [3.8, 4) is 5.69 Å². The van der Waals surface area contributed by atoms with E-state index in [1.807, 2.05) is 54.0 Å². The van der Waals surface area contributed by atoms with Gasteiger partial charge in [0.15, 0.2) is 11.3 Å². The maximum atomic E-state index is 13.4. The van der Waals surface area contributed by atoms with Gasteiger partial charge in [0.2, 0.25) is 0 Å². The highest BCUT2D eigenvalue weighted by atomic mass is 16.5. The highest BCUT2D eigenvalue weighted by Crippen LogP contribution is 2.28. The molecule has 0 radical (unpaired) electrons. The first-order valence-corrected chi connectivity index (χ1v) is 9.89. The molecule has 3 heterocycles. The minimum atomic E-state index is -0.114. The van der Waals surface area contributed by atoms with E-state index in [0.29, 0.717) is 35.3 Å². The first kappa shape index (κ1) is 18.4. The molecule has 0 aliphatic rings. The second-order valence-corrected chi connectivity index (χ2v) is 7.35. The summed E-state index contributed by atoms with van der Waals surface area (Å²) in [5, 5.41) is 0.490. The molecule has 0 aliphatic carbocycles. The number of hydrogen-bond donors (Lipinski definition) is 0. The quantitative estimate of drug-likeness (QED) is 0.422. The molecule has 30 heavy (non-hydrogen) atoms. The molecule has 5 rings (SSSR count). The minimum Gasteiger partial charge on any atom is -0.385 e. The van der Waals surface area contributed by atoms with E-state index in [1.165, 1.54) is 0 Å². The summed E-state index contributed by atoms with van der Waals surface area (Å²) in [5.41, 5.74) is 5.21. The van der Waals surface area contributed by atoms with Crippen molar-refractivity contribution in [1.29, 1.82) is 0 Å². The van der Waals surface area contributed by atoms with Crippen LogP contribution in [0.1, 0.15) is 12.0 Å². The zero-order valence-electron chi connectivity index (χ0n) is 16.9. The summed E-state index contributed by atoms with van der Waals surface area (Å²) >= 11 is 0. The van der Waals surface area contributed by atoms with Crippen molar-refractivity contribution in [2.24, 2.45) is 0 Å². The number of benzene rings is 2. The van der Waals surface area contributed by atoms with Crippen LogP contribution in [0.2, 0.25) is 0 Å². The third kappa shape index (κ3) is 2.95. The molecule has 3 aromatic heterocycles. The topological polar surface area (TPSA) is 74.8 Å². The Bertz CT molecular complexity index is 1450. The Morgan fingerprint density at radius 3 is 2.57 bits per heavy atom. The SMILES string of the molecule is COCCCn1cnc2c(c1=O)c1nc3ccccc3nc1n2-c1cccc(C)c1. The lowest BCUT2D eigenvalue weighted by Crippen LogP contribution is -2.21.